The molecular weight excluding hydrogens is 1240 g/mol. The molecule has 2 heterocycles. The fourth-order valence-electron chi connectivity index (χ4n) is 20.6. The Kier molecular flexibility index (Phi) is 14.2. The van der Waals surface area contributed by atoms with Crippen LogP contribution in [0.2, 0.25) is 0 Å². The Labute approximate surface area is 602 Å². The van der Waals surface area contributed by atoms with Crippen LogP contribution in [0, 0.1) is 0 Å². The molecule has 0 aliphatic heterocycles. The second-order valence-electron chi connectivity index (χ2n) is 32.9. The normalized spacial score (nSPS) is 15.8. The van der Waals surface area contributed by atoms with Crippen molar-refractivity contribution < 1.29 is 8.83 Å². The Balaban J connectivity index is 0.696. The second kappa shape index (κ2) is 23.0. The highest BCUT2D eigenvalue weighted by Crippen LogP contribution is 2.65. The Morgan fingerprint density at radius 3 is 1.35 bits per heavy atom. The Morgan fingerprint density at radius 1 is 0.284 bits per heavy atom. The van der Waals surface area contributed by atoms with E-state index in [0.29, 0.717) is 0 Å². The number of fused-ring (bicyclic) bond motifs is 25. The molecule has 0 amide bonds. The molecule has 19 rings (SSSR count). The van der Waals surface area contributed by atoms with Gasteiger partial charge in [-0.2, -0.15) is 0 Å². The fraction of sp³-hybridized carbons (Fsp3) is 0.273. The first-order valence-electron chi connectivity index (χ1n) is 38.3. The maximum absolute atomic E-state index is 7.22. The topological polar surface area (TPSA) is 29.5 Å². The van der Waals surface area contributed by atoms with Gasteiger partial charge in [0.25, 0.3) is 0 Å². The summed E-state index contributed by atoms with van der Waals surface area (Å²) in [6, 6.07) is 86.2. The summed E-state index contributed by atoms with van der Waals surface area (Å²) >= 11 is 0. The number of furan rings is 2. The summed E-state index contributed by atoms with van der Waals surface area (Å²) < 4.78 is 14.3. The maximum atomic E-state index is 7.22. The number of unbranched alkanes of at least 4 members (excludes halogenated alkanes) is 8. The van der Waals surface area contributed by atoms with Gasteiger partial charge in [0.2, 0.25) is 0 Å². The second-order valence-corrected chi connectivity index (χ2v) is 32.9. The van der Waals surface area contributed by atoms with Crippen molar-refractivity contribution in [2.45, 2.75) is 173 Å². The highest BCUT2D eigenvalue weighted by Gasteiger charge is 2.50. The van der Waals surface area contributed by atoms with E-state index < -0.39 is 0 Å². The van der Waals surface area contributed by atoms with Crippen molar-refractivity contribution in [3.63, 3.8) is 0 Å². The number of hydrogen-bond donors (Lipinski definition) is 0. The minimum absolute atomic E-state index is 0.0340. The lowest BCUT2D eigenvalue weighted by Crippen LogP contribution is -2.25. The van der Waals surface area contributed by atoms with Gasteiger partial charge in [-0.05, 0) is 208 Å². The molecule has 2 aromatic heterocycles. The third kappa shape index (κ3) is 8.91. The highest BCUT2D eigenvalue weighted by molar-refractivity contribution is 6.22. The SMILES string of the molecule is CCCCCCCC1(CCCCCCC)c2ccccc2-c2ccc(-c3ccc4c(c3)C(C)(C)c3cc(-c5cc6c(c7c5oc5ccccc57)-c5ccc(N(c7ccccc7)c7ccc8c(c7)C(C)(C)c7c9c(c%10oc%11ccccc%11c%10c7-8)-c7ccccc7C9(C)C)cc5C6(C)C)ccc3-4)cc21. The molecule has 0 fully saturated rings. The van der Waals surface area contributed by atoms with Crippen molar-refractivity contribution in [2.24, 2.45) is 0 Å². The van der Waals surface area contributed by atoms with E-state index in [4.69, 9.17) is 8.83 Å². The monoisotopic (exact) mass is 1330 g/mol. The average Bonchev–Trinajstić information content (AvgIpc) is 1.50. The smallest absolute Gasteiger partial charge is 0.144 e. The van der Waals surface area contributed by atoms with E-state index >= 15 is 0 Å². The van der Waals surface area contributed by atoms with Gasteiger partial charge in [-0.15, -0.1) is 0 Å². The number of benzene rings is 12. The lowest BCUT2D eigenvalue weighted by Gasteiger charge is -2.33. The zero-order valence-corrected chi connectivity index (χ0v) is 61.1. The summed E-state index contributed by atoms with van der Waals surface area (Å²) in [5.41, 5.74) is 38.2. The van der Waals surface area contributed by atoms with Gasteiger partial charge in [0, 0.05) is 76.8 Å². The summed E-state index contributed by atoms with van der Waals surface area (Å²) in [5.74, 6) is 0. The van der Waals surface area contributed by atoms with Gasteiger partial charge >= 0.3 is 0 Å². The van der Waals surface area contributed by atoms with E-state index in [9.17, 15) is 0 Å². The van der Waals surface area contributed by atoms with Crippen molar-refractivity contribution in [1.29, 1.82) is 0 Å². The van der Waals surface area contributed by atoms with Crippen LogP contribution in [0.25, 0.3) is 122 Å². The zero-order chi connectivity index (χ0) is 69.3. The first-order chi connectivity index (χ1) is 49.5. The summed E-state index contributed by atoms with van der Waals surface area (Å²) in [5, 5.41) is 4.73. The van der Waals surface area contributed by atoms with Gasteiger partial charge in [0.1, 0.15) is 22.3 Å². The van der Waals surface area contributed by atoms with Crippen molar-refractivity contribution in [3.05, 3.63) is 280 Å². The molecular formula is C99H91NO2. The summed E-state index contributed by atoms with van der Waals surface area (Å²) in [4.78, 5) is 2.50. The number of hydrogen-bond acceptors (Lipinski definition) is 3. The summed E-state index contributed by atoms with van der Waals surface area (Å²) in [6.07, 6.45) is 15.4. The van der Waals surface area contributed by atoms with Gasteiger partial charge in [-0.25, -0.2) is 0 Å². The molecule has 5 aliphatic carbocycles. The third-order valence-corrected chi connectivity index (χ3v) is 25.7. The summed E-state index contributed by atoms with van der Waals surface area (Å²) in [7, 11) is 0. The van der Waals surface area contributed by atoms with Crippen molar-refractivity contribution in [3.8, 4) is 77.9 Å². The molecule has 504 valence electrons. The molecule has 0 unspecified atom stereocenters. The minimum Gasteiger partial charge on any atom is -0.455 e. The van der Waals surface area contributed by atoms with Crippen LogP contribution in [0.1, 0.15) is 202 Å². The number of nitrogens with zero attached hydrogens (tertiary/aromatic N) is 1. The molecule has 0 atom stereocenters. The van der Waals surface area contributed by atoms with Gasteiger partial charge in [0.05, 0.1) is 0 Å². The maximum Gasteiger partial charge on any atom is 0.144 e. The quantitative estimate of drug-likeness (QED) is 0.0851. The van der Waals surface area contributed by atoms with Gasteiger partial charge in [0.15, 0.2) is 0 Å². The van der Waals surface area contributed by atoms with Crippen molar-refractivity contribution in [1.82, 2.24) is 0 Å². The number of para-hydroxylation sites is 3. The molecule has 3 nitrogen and oxygen atoms in total. The number of anilines is 3. The van der Waals surface area contributed by atoms with E-state index in [1.807, 2.05) is 0 Å². The van der Waals surface area contributed by atoms with Crippen LogP contribution in [0.4, 0.5) is 17.1 Å². The first-order valence-corrected chi connectivity index (χ1v) is 38.3. The van der Waals surface area contributed by atoms with E-state index in [1.165, 1.54) is 210 Å². The largest absolute Gasteiger partial charge is 0.455 e. The van der Waals surface area contributed by atoms with Crippen LogP contribution in [-0.2, 0) is 27.1 Å². The van der Waals surface area contributed by atoms with Crippen LogP contribution in [0.15, 0.2) is 233 Å². The molecule has 0 spiro atoms. The molecule has 102 heavy (non-hydrogen) atoms. The molecule has 5 aliphatic rings. The van der Waals surface area contributed by atoms with E-state index in [0.717, 1.165) is 50.3 Å². The van der Waals surface area contributed by atoms with Crippen LogP contribution in [0.3, 0.4) is 0 Å². The van der Waals surface area contributed by atoms with Crippen molar-refractivity contribution >= 4 is 60.9 Å². The molecule has 0 bridgehead atoms. The van der Waals surface area contributed by atoms with Gasteiger partial charge in [-0.3, -0.25) is 0 Å². The Bertz CT molecular complexity index is 5800. The number of rotatable bonds is 17. The zero-order valence-electron chi connectivity index (χ0n) is 61.1. The predicted octanol–water partition coefficient (Wildman–Crippen LogP) is 28.5. The lowest BCUT2D eigenvalue weighted by molar-refractivity contribution is 0.399. The fourth-order valence-corrected chi connectivity index (χ4v) is 20.6. The van der Waals surface area contributed by atoms with Crippen LogP contribution in [-0.4, -0.2) is 0 Å². The summed E-state index contributed by atoms with van der Waals surface area (Å²) in [6.45, 7) is 24.2. The van der Waals surface area contributed by atoms with E-state index in [-0.39, 0.29) is 27.1 Å². The van der Waals surface area contributed by atoms with Gasteiger partial charge < -0.3 is 13.7 Å². The predicted molar refractivity (Wildman–Crippen MR) is 430 cm³/mol. The van der Waals surface area contributed by atoms with Gasteiger partial charge in [-0.1, -0.05) is 285 Å². The average molecular weight is 1330 g/mol. The lowest BCUT2D eigenvalue weighted by atomic mass is 9.70. The van der Waals surface area contributed by atoms with E-state index in [1.54, 1.807) is 11.1 Å². The third-order valence-electron chi connectivity index (χ3n) is 25.7. The molecule has 0 radical (unpaired) electrons. The molecule has 12 aromatic carbocycles. The van der Waals surface area contributed by atoms with Crippen LogP contribution >= 0.6 is 0 Å². The molecule has 14 aromatic rings. The first kappa shape index (κ1) is 63.0. The highest BCUT2D eigenvalue weighted by atomic mass is 16.3. The minimum atomic E-state index is -0.374. The van der Waals surface area contributed by atoms with Crippen molar-refractivity contribution in [2.75, 3.05) is 4.90 Å². The molecule has 0 saturated heterocycles. The standard InChI is InChI=1S/C99H91NO2/c1-11-13-15-17-30-52-99(53-31-18-16-14-12-2)77-39-27-22-34-66(77)69-48-43-61(55-82(69)99)60-42-47-67-68-49-44-62(56-79(68)95(3,4)78(67)54-60)75-59-83-86(88-73-36-24-28-40-84(73)101-93(75)88)71-50-45-64(57-80(71)96(83,5)6)100(63-32-20-19-21-33-63)65-46-51-72-81(58-65)98(9,10)91-87(72)89-74-37-25-29-41-85(74)102-94(89)90-70-35-23-26-38-76(70)97(7,8)92(90)91/h19-29,32-51,54-59H,11-18,30-31,52-53H2,1-10H3. The Morgan fingerprint density at radius 2 is 0.716 bits per heavy atom. The van der Waals surface area contributed by atoms with E-state index in [2.05, 4.69) is 299 Å². The van der Waals surface area contributed by atoms with Crippen LogP contribution in [0.5, 0.6) is 0 Å². The van der Waals surface area contributed by atoms with Crippen LogP contribution < -0.4 is 4.90 Å². The molecule has 3 heteroatoms. The molecule has 0 saturated carbocycles. The Hall–Kier alpha value is -9.96. The molecule has 0 N–H and O–H groups in total.